The molecule has 0 amide bonds. The molecular weight excluding hydrogens is 375 g/mol. The number of nitrogens with one attached hydrogen (secondary N) is 1. The lowest BCUT2D eigenvalue weighted by molar-refractivity contribution is 0.333. The molecule has 6 nitrogen and oxygen atoms in total. The van der Waals surface area contributed by atoms with Crippen molar-refractivity contribution in [2.24, 2.45) is 0 Å². The zero-order valence-electron chi connectivity index (χ0n) is 14.0. The Hall–Kier alpha value is -0.730. The lowest BCUT2D eigenvalue weighted by atomic mass is 10.2. The van der Waals surface area contributed by atoms with Crippen molar-refractivity contribution in [1.29, 1.82) is 0 Å². The summed E-state index contributed by atoms with van der Waals surface area (Å²) in [6.07, 6.45) is 1.53. The summed E-state index contributed by atoms with van der Waals surface area (Å²) in [6.45, 7) is 3.89. The average molecular weight is 399 g/mol. The van der Waals surface area contributed by atoms with Crippen LogP contribution < -0.4 is 14.8 Å². The molecule has 9 heteroatoms. The molecule has 0 radical (unpaired) electrons. The van der Waals surface area contributed by atoms with Gasteiger partial charge in [0.25, 0.3) is 0 Å². The number of hydrogen-bond acceptors (Lipinski definition) is 5. The molecule has 2 rings (SSSR count). The van der Waals surface area contributed by atoms with E-state index in [0.29, 0.717) is 24.6 Å². The minimum absolute atomic E-state index is 0. The third-order valence-electron chi connectivity index (χ3n) is 3.91. The van der Waals surface area contributed by atoms with Crippen molar-refractivity contribution in [3.8, 4) is 11.5 Å². The highest BCUT2D eigenvalue weighted by molar-refractivity contribution is 7.89. The standard InChI is InChI=1S/C15H23ClN2O4S.ClH/c1-4-7-18(11-5-6-17-10-11)23(19,20)15-9-14(22-3)13(21-2)8-12(15)16;/h8-9,11,17H,4-7,10H2,1-3H3;1H. The molecule has 1 aliphatic heterocycles. The van der Waals surface area contributed by atoms with E-state index in [4.69, 9.17) is 21.1 Å². The van der Waals surface area contributed by atoms with Crippen molar-refractivity contribution in [3.05, 3.63) is 17.2 Å². The van der Waals surface area contributed by atoms with Gasteiger partial charge in [-0.2, -0.15) is 4.31 Å². The zero-order chi connectivity index (χ0) is 17.0. The van der Waals surface area contributed by atoms with Crippen LogP contribution in [0.4, 0.5) is 0 Å². The number of rotatable bonds is 7. The summed E-state index contributed by atoms with van der Waals surface area (Å²) in [5.74, 6) is 0.748. The fraction of sp³-hybridized carbons (Fsp3) is 0.600. The summed E-state index contributed by atoms with van der Waals surface area (Å²) >= 11 is 6.22. The molecule has 1 unspecified atom stereocenters. The second-order valence-corrected chi connectivity index (χ2v) is 7.67. The van der Waals surface area contributed by atoms with Crippen molar-refractivity contribution in [3.63, 3.8) is 0 Å². The first-order valence-electron chi connectivity index (χ1n) is 7.59. The van der Waals surface area contributed by atoms with Crippen LogP contribution in [0.15, 0.2) is 17.0 Å². The summed E-state index contributed by atoms with van der Waals surface area (Å²) in [5, 5.41) is 3.34. The van der Waals surface area contributed by atoms with E-state index in [1.165, 1.54) is 26.4 Å². The van der Waals surface area contributed by atoms with Crippen LogP contribution in [0.5, 0.6) is 11.5 Å². The van der Waals surface area contributed by atoms with Crippen LogP contribution in [0.25, 0.3) is 0 Å². The summed E-state index contributed by atoms with van der Waals surface area (Å²) < 4.78 is 38.2. The monoisotopic (exact) mass is 398 g/mol. The largest absolute Gasteiger partial charge is 0.493 e. The second-order valence-electron chi connectivity index (χ2n) is 5.40. The molecule has 0 saturated carbocycles. The van der Waals surface area contributed by atoms with E-state index in [9.17, 15) is 8.42 Å². The van der Waals surface area contributed by atoms with Gasteiger partial charge in [0.15, 0.2) is 11.5 Å². The Morgan fingerprint density at radius 2 is 1.92 bits per heavy atom. The van der Waals surface area contributed by atoms with Crippen LogP contribution in [0, 0.1) is 0 Å². The molecule has 0 spiro atoms. The molecule has 0 aromatic heterocycles. The molecule has 1 N–H and O–H groups in total. The van der Waals surface area contributed by atoms with Gasteiger partial charge in [0, 0.05) is 31.3 Å². The van der Waals surface area contributed by atoms with Crippen molar-refractivity contribution in [2.75, 3.05) is 33.9 Å². The summed E-state index contributed by atoms with van der Waals surface area (Å²) in [5.41, 5.74) is 0. The molecule has 0 bridgehead atoms. The minimum atomic E-state index is -3.71. The summed E-state index contributed by atoms with van der Waals surface area (Å²) in [7, 11) is -0.762. The topological polar surface area (TPSA) is 67.9 Å². The highest BCUT2D eigenvalue weighted by Gasteiger charge is 2.34. The Bertz CT molecular complexity index is 649. The quantitative estimate of drug-likeness (QED) is 0.763. The number of benzene rings is 1. The van der Waals surface area contributed by atoms with Crippen LogP contribution >= 0.6 is 24.0 Å². The Balaban J connectivity index is 0.00000288. The lowest BCUT2D eigenvalue weighted by Gasteiger charge is -2.28. The maximum absolute atomic E-state index is 13.1. The van der Waals surface area contributed by atoms with Crippen LogP contribution in [0.1, 0.15) is 19.8 Å². The van der Waals surface area contributed by atoms with Gasteiger partial charge in [-0.05, 0) is 19.4 Å². The van der Waals surface area contributed by atoms with E-state index in [-0.39, 0.29) is 28.4 Å². The number of nitrogens with zero attached hydrogens (tertiary/aromatic N) is 1. The highest BCUT2D eigenvalue weighted by Crippen LogP contribution is 2.37. The molecule has 1 aromatic carbocycles. The maximum atomic E-state index is 13.1. The van der Waals surface area contributed by atoms with Gasteiger partial charge in [-0.15, -0.1) is 12.4 Å². The fourth-order valence-corrected chi connectivity index (χ4v) is 5.02. The molecule has 1 fully saturated rings. The Morgan fingerprint density at radius 1 is 1.29 bits per heavy atom. The molecular formula is C15H24Cl2N2O4S. The maximum Gasteiger partial charge on any atom is 0.244 e. The fourth-order valence-electron chi connectivity index (χ4n) is 2.76. The van der Waals surface area contributed by atoms with Gasteiger partial charge in [-0.25, -0.2) is 8.42 Å². The van der Waals surface area contributed by atoms with E-state index in [2.05, 4.69) is 5.32 Å². The average Bonchev–Trinajstić information content (AvgIpc) is 3.05. The van der Waals surface area contributed by atoms with Crippen LogP contribution in [0.2, 0.25) is 5.02 Å². The van der Waals surface area contributed by atoms with E-state index >= 15 is 0 Å². The van der Waals surface area contributed by atoms with E-state index in [1.807, 2.05) is 6.92 Å². The molecule has 1 heterocycles. The van der Waals surface area contributed by atoms with Gasteiger partial charge < -0.3 is 14.8 Å². The molecule has 1 saturated heterocycles. The lowest BCUT2D eigenvalue weighted by Crippen LogP contribution is -2.42. The van der Waals surface area contributed by atoms with Crippen LogP contribution in [0.3, 0.4) is 0 Å². The summed E-state index contributed by atoms with van der Waals surface area (Å²) in [4.78, 5) is 0.0529. The van der Waals surface area contributed by atoms with Gasteiger partial charge in [-0.3, -0.25) is 0 Å². The number of halogens is 2. The normalized spacial score (nSPS) is 17.6. The molecule has 1 aromatic rings. The van der Waals surface area contributed by atoms with Gasteiger partial charge in [0.2, 0.25) is 10.0 Å². The van der Waals surface area contributed by atoms with E-state index in [1.54, 1.807) is 4.31 Å². The minimum Gasteiger partial charge on any atom is -0.493 e. The van der Waals surface area contributed by atoms with Crippen molar-refractivity contribution >= 4 is 34.0 Å². The van der Waals surface area contributed by atoms with Gasteiger partial charge in [-0.1, -0.05) is 18.5 Å². The third-order valence-corrected chi connectivity index (χ3v) is 6.33. The predicted octanol–water partition coefficient (Wildman–Crippen LogP) is 2.54. The number of methoxy groups -OCH3 is 2. The zero-order valence-corrected chi connectivity index (χ0v) is 16.4. The van der Waals surface area contributed by atoms with Gasteiger partial charge in [0.05, 0.1) is 19.2 Å². The summed E-state index contributed by atoms with van der Waals surface area (Å²) in [6, 6.07) is 2.86. The number of hydrogen-bond donors (Lipinski definition) is 1. The SMILES string of the molecule is CCCN(C1CCNC1)S(=O)(=O)c1cc(OC)c(OC)cc1Cl.Cl. The number of sulfonamides is 1. The van der Waals surface area contributed by atoms with Crippen molar-refractivity contribution < 1.29 is 17.9 Å². The molecule has 138 valence electrons. The van der Waals surface area contributed by atoms with Gasteiger partial charge in [0.1, 0.15) is 4.90 Å². The smallest absolute Gasteiger partial charge is 0.244 e. The van der Waals surface area contributed by atoms with Crippen molar-refractivity contribution in [2.45, 2.75) is 30.7 Å². The van der Waals surface area contributed by atoms with Gasteiger partial charge >= 0.3 is 0 Å². The van der Waals surface area contributed by atoms with E-state index < -0.39 is 10.0 Å². The third kappa shape index (κ3) is 4.26. The first-order valence-corrected chi connectivity index (χ1v) is 9.41. The van der Waals surface area contributed by atoms with Crippen LogP contribution in [-0.4, -0.2) is 52.6 Å². The second kappa shape index (κ2) is 9.10. The molecule has 24 heavy (non-hydrogen) atoms. The molecule has 0 aliphatic carbocycles. The van der Waals surface area contributed by atoms with E-state index in [0.717, 1.165) is 19.4 Å². The van der Waals surface area contributed by atoms with Crippen molar-refractivity contribution in [1.82, 2.24) is 9.62 Å². The Morgan fingerprint density at radius 3 is 2.42 bits per heavy atom. The number of ether oxygens (including phenoxy) is 2. The predicted molar refractivity (Wildman–Crippen MR) is 97.3 cm³/mol. The highest BCUT2D eigenvalue weighted by atomic mass is 35.5. The first-order chi connectivity index (χ1) is 11.0. The molecule has 1 atom stereocenters. The molecule has 1 aliphatic rings. The Kier molecular flexibility index (Phi) is 8.08. The Labute approximate surface area is 154 Å². The first kappa shape index (κ1) is 21.3. The van der Waals surface area contributed by atoms with Crippen LogP contribution in [-0.2, 0) is 10.0 Å².